The normalized spacial score (nSPS) is 15.3. The van der Waals surface area contributed by atoms with E-state index < -0.39 is 0 Å². The highest BCUT2D eigenvalue weighted by Crippen LogP contribution is 2.32. The molecule has 0 amide bonds. The van der Waals surface area contributed by atoms with Crippen LogP contribution in [0.4, 0.5) is 10.1 Å². The van der Waals surface area contributed by atoms with Crippen LogP contribution in [0, 0.1) is 5.82 Å². The predicted octanol–water partition coefficient (Wildman–Crippen LogP) is 3.74. The number of fused-ring (bicyclic) bond motifs is 1. The van der Waals surface area contributed by atoms with Crippen LogP contribution in [0.2, 0.25) is 0 Å². The van der Waals surface area contributed by atoms with Gasteiger partial charge in [-0.3, -0.25) is 0 Å². The summed E-state index contributed by atoms with van der Waals surface area (Å²) in [6, 6.07) is 0. The number of pyridine rings is 1. The number of hydrogen-bond donors (Lipinski definition) is 1. The van der Waals surface area contributed by atoms with E-state index >= 15 is 0 Å². The van der Waals surface area contributed by atoms with Crippen LogP contribution in [-0.4, -0.2) is 16.5 Å². The predicted molar refractivity (Wildman–Crippen MR) is 74.0 cm³/mol. The lowest BCUT2D eigenvalue weighted by atomic mass is 10.2. The van der Waals surface area contributed by atoms with Crippen molar-refractivity contribution >= 4 is 32.7 Å². The van der Waals surface area contributed by atoms with Gasteiger partial charge in [0.2, 0.25) is 0 Å². The average Bonchev–Trinajstić information content (AvgIpc) is 2.78. The molecule has 2 aromatic rings. The second-order valence-electron chi connectivity index (χ2n) is 4.25. The molecule has 3 nitrogen and oxygen atoms in total. The summed E-state index contributed by atoms with van der Waals surface area (Å²) in [6.45, 7) is 2.75. The SMILES string of the molecule is CC1=CN(c2c[nH]c3ncc(Br)c(F)c23)CC=C1. The molecule has 0 aromatic carbocycles. The highest BCUT2D eigenvalue weighted by Gasteiger charge is 2.17. The van der Waals surface area contributed by atoms with E-state index in [1.807, 2.05) is 18.0 Å². The van der Waals surface area contributed by atoms with Crippen LogP contribution in [0.15, 0.2) is 40.8 Å². The van der Waals surface area contributed by atoms with E-state index in [-0.39, 0.29) is 5.82 Å². The van der Waals surface area contributed by atoms with Crippen molar-refractivity contribution in [3.63, 3.8) is 0 Å². The number of anilines is 1. The van der Waals surface area contributed by atoms with E-state index in [0.29, 0.717) is 15.5 Å². The number of aromatic nitrogens is 2. The van der Waals surface area contributed by atoms with Gasteiger partial charge in [0.05, 0.1) is 15.5 Å². The van der Waals surface area contributed by atoms with Gasteiger partial charge in [0.25, 0.3) is 0 Å². The average molecular weight is 308 g/mol. The number of rotatable bonds is 1. The van der Waals surface area contributed by atoms with Gasteiger partial charge in [-0.2, -0.15) is 0 Å². The largest absolute Gasteiger partial charge is 0.344 e. The Morgan fingerprint density at radius 2 is 2.33 bits per heavy atom. The minimum atomic E-state index is -0.281. The topological polar surface area (TPSA) is 31.9 Å². The number of hydrogen-bond acceptors (Lipinski definition) is 2. The Kier molecular flexibility index (Phi) is 2.70. The number of H-pyrrole nitrogens is 1. The van der Waals surface area contributed by atoms with Gasteiger partial charge >= 0.3 is 0 Å². The Labute approximate surface area is 112 Å². The summed E-state index contributed by atoms with van der Waals surface area (Å²) >= 11 is 3.17. The highest BCUT2D eigenvalue weighted by molar-refractivity contribution is 9.10. The highest BCUT2D eigenvalue weighted by atomic mass is 79.9. The number of allylic oxidation sites excluding steroid dienone is 2. The standard InChI is InChI=1S/C13H11BrFN3/c1-8-3-2-4-18(7-8)10-6-17-13-11(10)12(15)9(14)5-16-13/h2-3,5-7H,4H2,1H3,(H,16,17). The van der Waals surface area contributed by atoms with Crippen molar-refractivity contribution in [3.05, 3.63) is 46.6 Å². The maximum Gasteiger partial charge on any atom is 0.152 e. The molecule has 0 saturated carbocycles. The zero-order valence-electron chi connectivity index (χ0n) is 9.74. The number of nitrogens with zero attached hydrogens (tertiary/aromatic N) is 2. The summed E-state index contributed by atoms with van der Waals surface area (Å²) in [5, 5.41) is 0.517. The first-order valence-corrected chi connectivity index (χ1v) is 6.39. The molecular weight excluding hydrogens is 297 g/mol. The minimum absolute atomic E-state index is 0.281. The van der Waals surface area contributed by atoms with Crippen LogP contribution >= 0.6 is 15.9 Å². The first-order valence-electron chi connectivity index (χ1n) is 5.59. The number of halogens is 2. The van der Waals surface area contributed by atoms with Crippen molar-refractivity contribution < 1.29 is 4.39 Å². The van der Waals surface area contributed by atoms with Crippen LogP contribution < -0.4 is 4.90 Å². The molecule has 0 radical (unpaired) electrons. The van der Waals surface area contributed by atoms with Gasteiger partial charge in [-0.05, 0) is 28.4 Å². The summed E-state index contributed by atoms with van der Waals surface area (Å²) in [4.78, 5) is 9.17. The first kappa shape index (κ1) is 11.5. The van der Waals surface area contributed by atoms with Crippen LogP contribution in [-0.2, 0) is 0 Å². The molecule has 3 rings (SSSR count). The summed E-state index contributed by atoms with van der Waals surface area (Å²) in [6.07, 6.45) is 9.36. The molecule has 0 saturated heterocycles. The Morgan fingerprint density at radius 3 is 3.11 bits per heavy atom. The van der Waals surface area contributed by atoms with Crippen molar-refractivity contribution in [1.29, 1.82) is 0 Å². The Balaban J connectivity index is 2.18. The van der Waals surface area contributed by atoms with E-state index in [4.69, 9.17) is 0 Å². The van der Waals surface area contributed by atoms with E-state index in [1.54, 1.807) is 6.20 Å². The van der Waals surface area contributed by atoms with Gasteiger partial charge in [-0.15, -0.1) is 0 Å². The summed E-state index contributed by atoms with van der Waals surface area (Å²) in [5.74, 6) is -0.281. The zero-order chi connectivity index (χ0) is 12.7. The summed E-state index contributed by atoms with van der Waals surface area (Å²) < 4.78 is 14.6. The fourth-order valence-corrected chi connectivity index (χ4v) is 2.41. The van der Waals surface area contributed by atoms with Gasteiger partial charge in [0, 0.05) is 25.1 Å². The lowest BCUT2D eigenvalue weighted by Gasteiger charge is -2.21. The maximum absolute atomic E-state index is 14.2. The van der Waals surface area contributed by atoms with Crippen LogP contribution in [0.3, 0.4) is 0 Å². The van der Waals surface area contributed by atoms with Crippen molar-refractivity contribution in [2.45, 2.75) is 6.92 Å². The second-order valence-corrected chi connectivity index (χ2v) is 5.10. The molecule has 0 spiro atoms. The molecule has 0 fully saturated rings. The second kappa shape index (κ2) is 4.24. The molecule has 2 aromatic heterocycles. The molecule has 92 valence electrons. The fraction of sp³-hybridized carbons (Fsp3) is 0.154. The van der Waals surface area contributed by atoms with Gasteiger partial charge < -0.3 is 9.88 Å². The Hall–Kier alpha value is -1.62. The summed E-state index contributed by atoms with van der Waals surface area (Å²) in [5.41, 5.74) is 2.50. The van der Waals surface area contributed by atoms with Gasteiger partial charge in [0.1, 0.15) is 5.65 Å². The van der Waals surface area contributed by atoms with Gasteiger partial charge in [0.15, 0.2) is 5.82 Å². The molecule has 1 N–H and O–H groups in total. The third kappa shape index (κ3) is 1.75. The van der Waals surface area contributed by atoms with E-state index in [0.717, 1.165) is 17.8 Å². The molecule has 0 aliphatic carbocycles. The molecule has 18 heavy (non-hydrogen) atoms. The fourth-order valence-electron chi connectivity index (χ4n) is 2.11. The monoisotopic (exact) mass is 307 g/mol. The zero-order valence-corrected chi connectivity index (χ0v) is 11.3. The minimum Gasteiger partial charge on any atom is -0.344 e. The van der Waals surface area contributed by atoms with E-state index in [1.165, 1.54) is 6.20 Å². The van der Waals surface area contributed by atoms with E-state index in [2.05, 4.69) is 38.0 Å². The van der Waals surface area contributed by atoms with Crippen molar-refractivity contribution in [3.8, 4) is 0 Å². The molecule has 3 heterocycles. The molecule has 0 bridgehead atoms. The van der Waals surface area contributed by atoms with Crippen LogP contribution in [0.25, 0.3) is 11.0 Å². The lowest BCUT2D eigenvalue weighted by molar-refractivity contribution is 0.632. The maximum atomic E-state index is 14.2. The van der Waals surface area contributed by atoms with Crippen LogP contribution in [0.1, 0.15) is 6.92 Å². The molecule has 0 atom stereocenters. The molecular formula is C13H11BrFN3. The van der Waals surface area contributed by atoms with Crippen LogP contribution in [0.5, 0.6) is 0 Å². The lowest BCUT2D eigenvalue weighted by Crippen LogP contribution is -2.18. The van der Waals surface area contributed by atoms with Crippen molar-refractivity contribution in [2.24, 2.45) is 0 Å². The van der Waals surface area contributed by atoms with E-state index in [9.17, 15) is 4.39 Å². The van der Waals surface area contributed by atoms with Crippen molar-refractivity contribution in [1.82, 2.24) is 9.97 Å². The third-order valence-electron chi connectivity index (χ3n) is 2.93. The number of aromatic amines is 1. The molecule has 5 heteroatoms. The quantitative estimate of drug-likeness (QED) is 0.870. The molecule has 0 unspecified atom stereocenters. The van der Waals surface area contributed by atoms with Crippen molar-refractivity contribution in [2.75, 3.05) is 11.4 Å². The third-order valence-corrected chi connectivity index (χ3v) is 3.48. The first-order chi connectivity index (χ1) is 8.66. The molecule has 1 aliphatic heterocycles. The van der Waals surface area contributed by atoms with Gasteiger partial charge in [-0.25, -0.2) is 9.37 Å². The van der Waals surface area contributed by atoms with Gasteiger partial charge in [-0.1, -0.05) is 12.2 Å². The molecule has 1 aliphatic rings. The smallest absolute Gasteiger partial charge is 0.152 e. The summed E-state index contributed by atoms with van der Waals surface area (Å²) in [7, 11) is 0. The number of nitrogens with one attached hydrogen (secondary N) is 1. The Bertz CT molecular complexity index is 672. The Morgan fingerprint density at radius 1 is 1.50 bits per heavy atom.